The van der Waals surface area contributed by atoms with Crippen molar-refractivity contribution in [2.45, 2.75) is 20.4 Å². The highest BCUT2D eigenvalue weighted by molar-refractivity contribution is 5.92. The minimum absolute atomic E-state index is 0.162. The molecule has 0 radical (unpaired) electrons. The summed E-state index contributed by atoms with van der Waals surface area (Å²) in [5.41, 5.74) is 8.80. The number of nitrogens with one attached hydrogen (secondary N) is 1. The summed E-state index contributed by atoms with van der Waals surface area (Å²) in [6.45, 7) is 4.39. The van der Waals surface area contributed by atoms with Gasteiger partial charge in [-0.05, 0) is 31.5 Å². The molecule has 3 N–H and O–H groups in total. The van der Waals surface area contributed by atoms with Crippen LogP contribution in [0.25, 0.3) is 0 Å². The van der Waals surface area contributed by atoms with E-state index < -0.39 is 0 Å². The largest absolute Gasteiger partial charge is 0.382 e. The molecular weight excluding hydrogens is 242 g/mol. The lowest BCUT2D eigenvalue weighted by Gasteiger charge is -2.16. The lowest BCUT2D eigenvalue weighted by Crippen LogP contribution is -2.27. The van der Waals surface area contributed by atoms with Crippen LogP contribution in [0.15, 0.2) is 18.2 Å². The van der Waals surface area contributed by atoms with Gasteiger partial charge in [-0.2, -0.15) is 5.10 Å². The maximum Gasteiger partial charge on any atom is 0.272 e. The van der Waals surface area contributed by atoms with Gasteiger partial charge in [-0.3, -0.25) is 14.9 Å². The number of nitrogens with zero attached hydrogens (tertiary/aromatic N) is 3. The number of pyridine rings is 1. The SMILES string of the molecule is Cc1cc(C)nc(CN(C)C(=O)c2cc(N)n[nH]2)c1. The average Bonchev–Trinajstić information content (AvgIpc) is 2.73. The fourth-order valence-corrected chi connectivity index (χ4v) is 1.97. The summed E-state index contributed by atoms with van der Waals surface area (Å²) in [4.78, 5) is 18.1. The molecule has 0 aromatic carbocycles. The van der Waals surface area contributed by atoms with Gasteiger partial charge in [0.15, 0.2) is 0 Å². The molecule has 0 spiro atoms. The Kier molecular flexibility index (Phi) is 3.50. The van der Waals surface area contributed by atoms with Gasteiger partial charge >= 0.3 is 0 Å². The molecule has 0 fully saturated rings. The molecule has 0 aliphatic heterocycles. The standard InChI is InChI=1S/C13H17N5O/c1-8-4-9(2)15-10(5-8)7-18(3)13(19)11-6-12(14)17-16-11/h4-6H,7H2,1-3H3,(H3,14,16,17). The molecule has 2 heterocycles. The van der Waals surface area contributed by atoms with Crippen molar-refractivity contribution in [3.63, 3.8) is 0 Å². The molecule has 0 aliphatic rings. The van der Waals surface area contributed by atoms with E-state index in [2.05, 4.69) is 15.2 Å². The first kappa shape index (κ1) is 13.1. The van der Waals surface area contributed by atoms with E-state index in [-0.39, 0.29) is 5.91 Å². The molecule has 1 amide bonds. The van der Waals surface area contributed by atoms with Crippen molar-refractivity contribution in [3.05, 3.63) is 40.8 Å². The molecule has 0 unspecified atom stereocenters. The predicted octanol–water partition coefficient (Wildman–Crippen LogP) is 1.28. The third kappa shape index (κ3) is 3.09. The van der Waals surface area contributed by atoms with Crippen molar-refractivity contribution in [1.82, 2.24) is 20.1 Å². The Labute approximate surface area is 111 Å². The van der Waals surface area contributed by atoms with Crippen molar-refractivity contribution in [1.29, 1.82) is 0 Å². The van der Waals surface area contributed by atoms with Crippen LogP contribution < -0.4 is 5.73 Å². The summed E-state index contributed by atoms with van der Waals surface area (Å²) in [6.07, 6.45) is 0. The molecular formula is C13H17N5O. The van der Waals surface area contributed by atoms with Crippen LogP contribution in [0.5, 0.6) is 0 Å². The Bertz CT molecular complexity index is 585. The maximum absolute atomic E-state index is 12.1. The second kappa shape index (κ2) is 5.09. The minimum atomic E-state index is -0.162. The molecule has 0 saturated carbocycles. The Morgan fingerprint density at radius 3 is 2.68 bits per heavy atom. The molecule has 0 atom stereocenters. The Morgan fingerprint density at radius 1 is 1.37 bits per heavy atom. The summed E-state index contributed by atoms with van der Waals surface area (Å²) in [7, 11) is 1.72. The fraction of sp³-hybridized carbons (Fsp3) is 0.308. The summed E-state index contributed by atoms with van der Waals surface area (Å²) < 4.78 is 0. The number of nitrogen functional groups attached to an aromatic ring is 1. The minimum Gasteiger partial charge on any atom is -0.382 e. The van der Waals surface area contributed by atoms with Crippen LogP contribution in [0.4, 0.5) is 5.82 Å². The van der Waals surface area contributed by atoms with Crippen molar-refractivity contribution >= 4 is 11.7 Å². The topological polar surface area (TPSA) is 87.9 Å². The summed E-state index contributed by atoms with van der Waals surface area (Å²) in [6, 6.07) is 5.49. The number of hydrogen-bond donors (Lipinski definition) is 2. The monoisotopic (exact) mass is 259 g/mol. The van der Waals surface area contributed by atoms with Gasteiger partial charge in [-0.25, -0.2) is 0 Å². The number of carbonyl (C=O) groups is 1. The van der Waals surface area contributed by atoms with Crippen LogP contribution in [0, 0.1) is 13.8 Å². The number of aromatic nitrogens is 3. The van der Waals surface area contributed by atoms with Crippen molar-refractivity contribution in [2.75, 3.05) is 12.8 Å². The van der Waals surface area contributed by atoms with Crippen LogP contribution in [0.1, 0.15) is 27.4 Å². The quantitative estimate of drug-likeness (QED) is 0.869. The first-order valence-electron chi connectivity index (χ1n) is 5.96. The van der Waals surface area contributed by atoms with E-state index >= 15 is 0 Å². The van der Waals surface area contributed by atoms with Crippen molar-refractivity contribution < 1.29 is 4.79 Å². The number of H-pyrrole nitrogens is 1. The number of aryl methyl sites for hydroxylation is 2. The van der Waals surface area contributed by atoms with Crippen molar-refractivity contribution in [2.24, 2.45) is 0 Å². The second-order valence-corrected chi connectivity index (χ2v) is 4.64. The van der Waals surface area contributed by atoms with Crippen LogP contribution in [0.2, 0.25) is 0 Å². The van der Waals surface area contributed by atoms with E-state index in [9.17, 15) is 4.79 Å². The summed E-state index contributed by atoms with van der Waals surface area (Å²) in [5.74, 6) is 0.145. The molecule has 100 valence electrons. The van der Waals surface area contributed by atoms with E-state index in [4.69, 9.17) is 5.73 Å². The molecule has 19 heavy (non-hydrogen) atoms. The molecule has 0 saturated heterocycles. The molecule has 2 aromatic rings. The predicted molar refractivity (Wildman–Crippen MR) is 72.5 cm³/mol. The van der Waals surface area contributed by atoms with E-state index in [1.165, 1.54) is 6.07 Å². The van der Waals surface area contributed by atoms with Gasteiger partial charge in [0.1, 0.15) is 11.5 Å². The van der Waals surface area contributed by atoms with Crippen molar-refractivity contribution in [3.8, 4) is 0 Å². The van der Waals surface area contributed by atoms with E-state index in [0.717, 1.165) is 17.0 Å². The van der Waals surface area contributed by atoms with Gasteiger partial charge in [0, 0.05) is 18.8 Å². The first-order chi connectivity index (χ1) is 8.95. The number of rotatable bonds is 3. The molecule has 0 bridgehead atoms. The normalized spacial score (nSPS) is 10.5. The summed E-state index contributed by atoms with van der Waals surface area (Å²) >= 11 is 0. The molecule has 0 aliphatic carbocycles. The highest BCUT2D eigenvalue weighted by atomic mass is 16.2. The lowest BCUT2D eigenvalue weighted by atomic mass is 10.2. The van der Waals surface area contributed by atoms with Gasteiger partial charge in [0.2, 0.25) is 0 Å². The Hall–Kier alpha value is -2.37. The number of aromatic amines is 1. The van der Waals surface area contributed by atoms with Crippen LogP contribution in [-0.4, -0.2) is 33.0 Å². The smallest absolute Gasteiger partial charge is 0.272 e. The average molecular weight is 259 g/mol. The number of amides is 1. The van der Waals surface area contributed by atoms with Gasteiger partial charge in [-0.15, -0.1) is 0 Å². The zero-order chi connectivity index (χ0) is 14.0. The van der Waals surface area contributed by atoms with Gasteiger partial charge < -0.3 is 10.6 Å². The molecule has 6 nitrogen and oxygen atoms in total. The number of hydrogen-bond acceptors (Lipinski definition) is 4. The highest BCUT2D eigenvalue weighted by Gasteiger charge is 2.15. The van der Waals surface area contributed by atoms with E-state index in [0.29, 0.717) is 18.1 Å². The zero-order valence-electron chi connectivity index (χ0n) is 11.3. The number of nitrogens with two attached hydrogens (primary N) is 1. The molecule has 6 heteroatoms. The Balaban J connectivity index is 2.12. The third-order valence-corrected chi connectivity index (χ3v) is 2.72. The second-order valence-electron chi connectivity index (χ2n) is 4.64. The van der Waals surface area contributed by atoms with Crippen LogP contribution in [0.3, 0.4) is 0 Å². The summed E-state index contributed by atoms with van der Waals surface area (Å²) in [5, 5.41) is 6.35. The molecule has 2 aromatic heterocycles. The van der Waals surface area contributed by atoms with E-state index in [1.807, 2.05) is 26.0 Å². The fourth-order valence-electron chi connectivity index (χ4n) is 1.97. The third-order valence-electron chi connectivity index (χ3n) is 2.72. The molecule has 2 rings (SSSR count). The highest BCUT2D eigenvalue weighted by Crippen LogP contribution is 2.09. The lowest BCUT2D eigenvalue weighted by molar-refractivity contribution is 0.0777. The zero-order valence-corrected chi connectivity index (χ0v) is 11.3. The number of anilines is 1. The van der Waals surface area contributed by atoms with E-state index in [1.54, 1.807) is 11.9 Å². The van der Waals surface area contributed by atoms with Gasteiger partial charge in [-0.1, -0.05) is 0 Å². The van der Waals surface area contributed by atoms with Gasteiger partial charge in [0.25, 0.3) is 5.91 Å². The van der Waals surface area contributed by atoms with Gasteiger partial charge in [0.05, 0.1) is 12.2 Å². The van der Waals surface area contributed by atoms with Crippen LogP contribution in [-0.2, 0) is 6.54 Å². The maximum atomic E-state index is 12.1. The number of carbonyl (C=O) groups excluding carboxylic acids is 1. The first-order valence-corrected chi connectivity index (χ1v) is 5.96. The van der Waals surface area contributed by atoms with Crippen LogP contribution >= 0.6 is 0 Å². The Morgan fingerprint density at radius 2 is 2.11 bits per heavy atom.